The molecule has 3 heterocycles. The van der Waals surface area contributed by atoms with Crippen molar-refractivity contribution in [3.05, 3.63) is 47.4 Å². The summed E-state index contributed by atoms with van der Waals surface area (Å²) in [6.45, 7) is 8.04. The first-order chi connectivity index (χ1) is 14.2. The molecule has 7 heteroatoms. The third kappa shape index (κ3) is 5.84. The molecular formula is C22H31FN4O2. The lowest BCUT2D eigenvalue weighted by atomic mass is 9.95. The first kappa shape index (κ1) is 20.4. The first-order valence-corrected chi connectivity index (χ1v) is 10.7. The van der Waals surface area contributed by atoms with E-state index in [1.807, 2.05) is 19.1 Å². The van der Waals surface area contributed by atoms with Gasteiger partial charge in [-0.2, -0.15) is 4.98 Å². The number of hydrogen-bond acceptors (Lipinski definition) is 6. The molecule has 0 bridgehead atoms. The Kier molecular flexibility index (Phi) is 6.90. The largest absolute Gasteiger partial charge is 0.377 e. The van der Waals surface area contributed by atoms with Crippen molar-refractivity contribution >= 4 is 0 Å². The van der Waals surface area contributed by atoms with Gasteiger partial charge in [0.05, 0.1) is 12.6 Å². The molecule has 1 aromatic heterocycles. The van der Waals surface area contributed by atoms with Crippen LogP contribution in [0.4, 0.5) is 4.39 Å². The number of aryl methyl sites for hydroxylation is 1. The zero-order valence-corrected chi connectivity index (χ0v) is 17.2. The van der Waals surface area contributed by atoms with E-state index in [0.717, 1.165) is 69.9 Å². The van der Waals surface area contributed by atoms with E-state index in [4.69, 9.17) is 9.26 Å². The van der Waals surface area contributed by atoms with Crippen molar-refractivity contribution in [3.63, 3.8) is 0 Å². The average molecular weight is 403 g/mol. The summed E-state index contributed by atoms with van der Waals surface area (Å²) in [4.78, 5) is 9.17. The molecule has 2 saturated heterocycles. The van der Waals surface area contributed by atoms with Gasteiger partial charge in [-0.15, -0.1) is 0 Å². The van der Waals surface area contributed by atoms with Crippen LogP contribution in [0.5, 0.6) is 0 Å². The maximum Gasteiger partial charge on any atom is 0.223 e. The molecule has 158 valence electrons. The van der Waals surface area contributed by atoms with Crippen molar-refractivity contribution in [1.82, 2.24) is 19.9 Å². The molecule has 29 heavy (non-hydrogen) atoms. The highest BCUT2D eigenvalue weighted by molar-refractivity contribution is 5.17. The zero-order valence-electron chi connectivity index (χ0n) is 17.2. The molecule has 2 aliphatic heterocycles. The quantitative estimate of drug-likeness (QED) is 0.675. The second-order valence-corrected chi connectivity index (χ2v) is 8.37. The van der Waals surface area contributed by atoms with Gasteiger partial charge in [-0.05, 0) is 50.8 Å². The van der Waals surface area contributed by atoms with E-state index >= 15 is 0 Å². The molecule has 1 aromatic carbocycles. The summed E-state index contributed by atoms with van der Waals surface area (Å²) < 4.78 is 24.9. The SMILES string of the molecule is Cc1nc(CN(CC2CCN(Cc3ccccc3F)CC2)CC2CCCO2)no1. The van der Waals surface area contributed by atoms with Gasteiger partial charge in [0.15, 0.2) is 5.82 Å². The molecule has 1 unspecified atom stereocenters. The van der Waals surface area contributed by atoms with Crippen molar-refractivity contribution in [3.8, 4) is 0 Å². The lowest BCUT2D eigenvalue weighted by molar-refractivity contribution is 0.0557. The van der Waals surface area contributed by atoms with Gasteiger partial charge in [-0.3, -0.25) is 9.80 Å². The minimum atomic E-state index is -0.104. The Hall–Kier alpha value is -1.83. The van der Waals surface area contributed by atoms with E-state index < -0.39 is 0 Å². The van der Waals surface area contributed by atoms with Gasteiger partial charge in [0, 0.05) is 38.7 Å². The highest BCUT2D eigenvalue weighted by atomic mass is 19.1. The molecule has 2 fully saturated rings. The monoisotopic (exact) mass is 402 g/mol. The van der Waals surface area contributed by atoms with Crippen LogP contribution in [0.25, 0.3) is 0 Å². The molecule has 0 spiro atoms. The topological polar surface area (TPSA) is 54.6 Å². The number of halogens is 1. The van der Waals surface area contributed by atoms with Crippen molar-refractivity contribution in [2.75, 3.05) is 32.8 Å². The number of ether oxygens (including phenoxy) is 1. The zero-order chi connectivity index (χ0) is 20.1. The van der Waals surface area contributed by atoms with Crippen molar-refractivity contribution in [1.29, 1.82) is 0 Å². The molecule has 2 aliphatic rings. The highest BCUT2D eigenvalue weighted by Crippen LogP contribution is 2.23. The Labute approximate surface area is 172 Å². The molecule has 0 saturated carbocycles. The van der Waals surface area contributed by atoms with Crippen LogP contribution < -0.4 is 0 Å². The predicted molar refractivity (Wildman–Crippen MR) is 108 cm³/mol. The fourth-order valence-corrected chi connectivity index (χ4v) is 4.45. The van der Waals surface area contributed by atoms with Gasteiger partial charge in [0.2, 0.25) is 5.89 Å². The van der Waals surface area contributed by atoms with Gasteiger partial charge >= 0.3 is 0 Å². The Morgan fingerprint density at radius 1 is 1.17 bits per heavy atom. The van der Waals surface area contributed by atoms with E-state index in [1.165, 1.54) is 0 Å². The molecule has 4 rings (SSSR count). The molecule has 6 nitrogen and oxygen atoms in total. The normalized spacial score (nSPS) is 21.3. The van der Waals surface area contributed by atoms with Crippen LogP contribution in [0.1, 0.15) is 43.0 Å². The molecule has 0 amide bonds. The van der Waals surface area contributed by atoms with Crippen LogP contribution >= 0.6 is 0 Å². The third-order valence-corrected chi connectivity index (χ3v) is 6.00. The molecule has 1 atom stereocenters. The second kappa shape index (κ2) is 9.78. The van der Waals surface area contributed by atoms with Gasteiger partial charge < -0.3 is 9.26 Å². The Bertz CT molecular complexity index is 770. The average Bonchev–Trinajstić information content (AvgIpc) is 3.37. The summed E-state index contributed by atoms with van der Waals surface area (Å²) >= 11 is 0. The lowest BCUT2D eigenvalue weighted by Gasteiger charge is -2.35. The lowest BCUT2D eigenvalue weighted by Crippen LogP contribution is -2.40. The summed E-state index contributed by atoms with van der Waals surface area (Å²) in [6, 6.07) is 7.09. The smallest absolute Gasteiger partial charge is 0.223 e. The second-order valence-electron chi connectivity index (χ2n) is 8.37. The number of rotatable bonds is 8. The summed E-state index contributed by atoms with van der Waals surface area (Å²) in [7, 11) is 0. The van der Waals surface area contributed by atoms with Crippen LogP contribution in [0.15, 0.2) is 28.8 Å². The maximum absolute atomic E-state index is 13.9. The van der Waals surface area contributed by atoms with Gasteiger partial charge in [0.1, 0.15) is 5.82 Å². The number of benzene rings is 1. The fourth-order valence-electron chi connectivity index (χ4n) is 4.45. The van der Waals surface area contributed by atoms with E-state index in [2.05, 4.69) is 19.9 Å². The molecular weight excluding hydrogens is 371 g/mol. The minimum Gasteiger partial charge on any atom is -0.377 e. The number of piperidine rings is 1. The maximum atomic E-state index is 13.9. The molecule has 2 aromatic rings. The Morgan fingerprint density at radius 2 is 2.00 bits per heavy atom. The molecule has 0 radical (unpaired) electrons. The standard InChI is InChI=1S/C22H31FN4O2/c1-17-24-22(25-29-17)16-27(15-20-6-4-12-28-20)13-18-8-10-26(11-9-18)14-19-5-2-3-7-21(19)23/h2-3,5,7,18,20H,4,6,8-16H2,1H3. The Balaban J connectivity index is 1.30. The third-order valence-electron chi connectivity index (χ3n) is 6.00. The van der Waals surface area contributed by atoms with Crippen LogP contribution in [0, 0.1) is 18.7 Å². The number of nitrogens with zero attached hydrogens (tertiary/aromatic N) is 4. The van der Waals surface area contributed by atoms with E-state index in [9.17, 15) is 4.39 Å². The summed E-state index contributed by atoms with van der Waals surface area (Å²) in [6.07, 6.45) is 4.84. The van der Waals surface area contributed by atoms with Crippen LogP contribution in [-0.4, -0.2) is 58.8 Å². The van der Waals surface area contributed by atoms with E-state index in [-0.39, 0.29) is 5.82 Å². The van der Waals surface area contributed by atoms with E-state index in [1.54, 1.807) is 12.1 Å². The summed E-state index contributed by atoms with van der Waals surface area (Å²) in [5.74, 6) is 1.88. The molecule has 0 aliphatic carbocycles. The number of aromatic nitrogens is 2. The van der Waals surface area contributed by atoms with Gasteiger partial charge in [0.25, 0.3) is 0 Å². The van der Waals surface area contributed by atoms with Crippen LogP contribution in [0.3, 0.4) is 0 Å². The fraction of sp³-hybridized carbons (Fsp3) is 0.636. The molecule has 0 N–H and O–H groups in total. The number of hydrogen-bond donors (Lipinski definition) is 0. The van der Waals surface area contributed by atoms with Crippen LogP contribution in [-0.2, 0) is 17.8 Å². The van der Waals surface area contributed by atoms with Gasteiger partial charge in [-0.25, -0.2) is 4.39 Å². The van der Waals surface area contributed by atoms with Crippen molar-refractivity contribution in [2.45, 2.75) is 51.8 Å². The predicted octanol–water partition coefficient (Wildman–Crippen LogP) is 3.41. The Morgan fingerprint density at radius 3 is 2.69 bits per heavy atom. The van der Waals surface area contributed by atoms with Crippen LogP contribution in [0.2, 0.25) is 0 Å². The van der Waals surface area contributed by atoms with Crippen molar-refractivity contribution < 1.29 is 13.7 Å². The van der Waals surface area contributed by atoms with E-state index in [0.29, 0.717) is 31.0 Å². The van der Waals surface area contributed by atoms with Gasteiger partial charge in [-0.1, -0.05) is 23.4 Å². The summed E-state index contributed by atoms with van der Waals surface area (Å²) in [5.41, 5.74) is 0.790. The number of likely N-dealkylation sites (tertiary alicyclic amines) is 1. The van der Waals surface area contributed by atoms with Crippen molar-refractivity contribution in [2.24, 2.45) is 5.92 Å². The highest BCUT2D eigenvalue weighted by Gasteiger charge is 2.26. The summed E-state index contributed by atoms with van der Waals surface area (Å²) in [5, 5.41) is 4.08. The minimum absolute atomic E-state index is 0.104. The first-order valence-electron chi connectivity index (χ1n) is 10.7.